The SMILES string of the molecule is COCCSCC(=O)N1C[C@H](O)C[C@H]1C(=O)O. The van der Waals surface area contributed by atoms with Gasteiger partial charge in [-0.25, -0.2) is 4.79 Å². The monoisotopic (exact) mass is 263 g/mol. The Kier molecular flexibility index (Phi) is 5.73. The van der Waals surface area contributed by atoms with E-state index in [2.05, 4.69) is 0 Å². The molecule has 0 spiro atoms. The second-order valence-corrected chi connectivity index (χ2v) is 4.94. The first-order chi connectivity index (χ1) is 8.06. The van der Waals surface area contributed by atoms with Gasteiger partial charge in [-0.1, -0.05) is 0 Å². The number of ether oxygens (including phenoxy) is 1. The van der Waals surface area contributed by atoms with Crippen LogP contribution in [0.5, 0.6) is 0 Å². The predicted molar refractivity (Wildman–Crippen MR) is 63.0 cm³/mol. The van der Waals surface area contributed by atoms with E-state index in [0.29, 0.717) is 12.4 Å². The lowest BCUT2D eigenvalue weighted by Gasteiger charge is -2.20. The van der Waals surface area contributed by atoms with Crippen molar-refractivity contribution in [2.24, 2.45) is 0 Å². The minimum atomic E-state index is -1.06. The zero-order valence-electron chi connectivity index (χ0n) is 9.66. The quantitative estimate of drug-likeness (QED) is 0.623. The minimum Gasteiger partial charge on any atom is -0.480 e. The van der Waals surface area contributed by atoms with Gasteiger partial charge in [0.05, 0.1) is 18.5 Å². The molecule has 6 nitrogen and oxygen atoms in total. The fourth-order valence-electron chi connectivity index (χ4n) is 1.71. The summed E-state index contributed by atoms with van der Waals surface area (Å²) >= 11 is 1.40. The van der Waals surface area contributed by atoms with E-state index in [-0.39, 0.29) is 24.6 Å². The highest BCUT2D eigenvalue weighted by atomic mass is 32.2. The minimum absolute atomic E-state index is 0.112. The molecule has 1 aliphatic rings. The van der Waals surface area contributed by atoms with Crippen LogP contribution in [-0.2, 0) is 14.3 Å². The number of aliphatic hydroxyl groups is 1. The fraction of sp³-hybridized carbons (Fsp3) is 0.800. The number of carbonyl (C=O) groups excluding carboxylic acids is 1. The number of rotatable bonds is 6. The zero-order chi connectivity index (χ0) is 12.8. The molecular formula is C10H17NO5S. The maximum atomic E-state index is 11.8. The fourth-order valence-corrected chi connectivity index (χ4v) is 2.48. The second-order valence-electron chi connectivity index (χ2n) is 3.84. The molecular weight excluding hydrogens is 246 g/mol. The van der Waals surface area contributed by atoms with Crippen molar-refractivity contribution in [2.45, 2.75) is 18.6 Å². The van der Waals surface area contributed by atoms with E-state index in [0.717, 1.165) is 0 Å². The number of thioether (sulfide) groups is 1. The number of likely N-dealkylation sites (tertiary alicyclic amines) is 1. The number of aliphatic carboxylic acids is 1. The van der Waals surface area contributed by atoms with E-state index in [1.165, 1.54) is 16.7 Å². The molecule has 0 radical (unpaired) electrons. The third kappa shape index (κ3) is 4.18. The molecule has 0 saturated carbocycles. The van der Waals surface area contributed by atoms with Gasteiger partial charge in [-0.3, -0.25) is 4.79 Å². The van der Waals surface area contributed by atoms with Gasteiger partial charge < -0.3 is 19.8 Å². The molecule has 1 fully saturated rings. The first-order valence-electron chi connectivity index (χ1n) is 5.33. The van der Waals surface area contributed by atoms with Crippen molar-refractivity contribution in [3.63, 3.8) is 0 Å². The van der Waals surface area contributed by atoms with Gasteiger partial charge in [0.25, 0.3) is 0 Å². The number of β-amino-alcohol motifs (C(OH)–C–C–N with tert-alkyl or cyclic N) is 1. The molecule has 0 aromatic rings. The standard InChI is InChI=1S/C10H17NO5S/c1-16-2-3-17-6-9(13)11-5-7(12)4-8(11)10(14)15/h7-8,12H,2-6H2,1H3,(H,14,15)/t7-,8+/m1/s1. The van der Waals surface area contributed by atoms with Crippen LogP contribution in [0.4, 0.5) is 0 Å². The lowest BCUT2D eigenvalue weighted by Crippen LogP contribution is -2.41. The predicted octanol–water partition coefficient (Wildman–Crippen LogP) is -0.588. The Bertz CT molecular complexity index is 286. The highest BCUT2D eigenvalue weighted by Gasteiger charge is 2.38. The maximum absolute atomic E-state index is 11.8. The Morgan fingerprint density at radius 2 is 2.24 bits per heavy atom. The molecule has 0 aromatic carbocycles. The number of nitrogens with zero attached hydrogens (tertiary/aromatic N) is 1. The van der Waals surface area contributed by atoms with E-state index >= 15 is 0 Å². The highest BCUT2D eigenvalue weighted by Crippen LogP contribution is 2.19. The number of amides is 1. The number of methoxy groups -OCH3 is 1. The van der Waals surface area contributed by atoms with Gasteiger partial charge in [0, 0.05) is 25.8 Å². The van der Waals surface area contributed by atoms with E-state index < -0.39 is 18.1 Å². The molecule has 1 aliphatic heterocycles. The molecule has 7 heteroatoms. The zero-order valence-corrected chi connectivity index (χ0v) is 10.5. The first kappa shape index (κ1) is 14.3. The van der Waals surface area contributed by atoms with Crippen LogP contribution in [0.1, 0.15) is 6.42 Å². The van der Waals surface area contributed by atoms with E-state index in [4.69, 9.17) is 9.84 Å². The number of carbonyl (C=O) groups is 2. The topological polar surface area (TPSA) is 87.1 Å². The normalized spacial score (nSPS) is 24.0. The van der Waals surface area contributed by atoms with E-state index in [9.17, 15) is 14.7 Å². The maximum Gasteiger partial charge on any atom is 0.326 e. The van der Waals surface area contributed by atoms with Crippen molar-refractivity contribution in [3.8, 4) is 0 Å². The van der Waals surface area contributed by atoms with E-state index in [1.54, 1.807) is 7.11 Å². The van der Waals surface area contributed by atoms with Crippen LogP contribution >= 0.6 is 11.8 Å². The van der Waals surface area contributed by atoms with Gasteiger partial charge >= 0.3 is 5.97 Å². The second kappa shape index (κ2) is 6.83. The van der Waals surface area contributed by atoms with Gasteiger partial charge in [0.1, 0.15) is 6.04 Å². The van der Waals surface area contributed by atoms with Gasteiger partial charge in [-0.15, -0.1) is 11.8 Å². The van der Waals surface area contributed by atoms with Gasteiger partial charge in [-0.2, -0.15) is 0 Å². The molecule has 0 aromatic heterocycles. The summed E-state index contributed by atoms with van der Waals surface area (Å²) in [6, 6.07) is -0.888. The number of hydrogen-bond donors (Lipinski definition) is 2. The summed E-state index contributed by atoms with van der Waals surface area (Å²) < 4.78 is 4.85. The van der Waals surface area contributed by atoms with Crippen LogP contribution in [0.3, 0.4) is 0 Å². The summed E-state index contributed by atoms with van der Waals surface area (Å²) in [4.78, 5) is 23.9. The highest BCUT2D eigenvalue weighted by molar-refractivity contribution is 7.99. The summed E-state index contributed by atoms with van der Waals surface area (Å²) in [6.07, 6.45) is -0.617. The molecule has 98 valence electrons. The Morgan fingerprint density at radius 3 is 2.82 bits per heavy atom. The molecule has 1 rings (SSSR count). The molecule has 2 atom stereocenters. The summed E-state index contributed by atoms with van der Waals surface area (Å²) in [5.74, 6) is -0.386. The first-order valence-corrected chi connectivity index (χ1v) is 6.48. The Balaban J connectivity index is 2.41. The molecule has 1 saturated heterocycles. The third-order valence-electron chi connectivity index (χ3n) is 2.54. The summed E-state index contributed by atoms with van der Waals surface area (Å²) in [5, 5.41) is 18.3. The van der Waals surface area contributed by atoms with Crippen LogP contribution in [0.2, 0.25) is 0 Å². The Labute approximate surface area is 104 Å². The van der Waals surface area contributed by atoms with Crippen LogP contribution < -0.4 is 0 Å². The third-order valence-corrected chi connectivity index (χ3v) is 3.45. The summed E-state index contributed by atoms with van der Waals surface area (Å²) in [5.41, 5.74) is 0. The molecule has 2 N–H and O–H groups in total. The van der Waals surface area contributed by atoms with Crippen molar-refractivity contribution in [2.75, 3.05) is 31.8 Å². The number of hydrogen-bond acceptors (Lipinski definition) is 5. The van der Waals surface area contributed by atoms with Gasteiger partial charge in [0.15, 0.2) is 0 Å². The average molecular weight is 263 g/mol. The van der Waals surface area contributed by atoms with Crippen molar-refractivity contribution in [1.29, 1.82) is 0 Å². The Morgan fingerprint density at radius 1 is 1.53 bits per heavy atom. The molecule has 0 unspecified atom stereocenters. The van der Waals surface area contributed by atoms with Gasteiger partial charge in [0.2, 0.25) is 5.91 Å². The number of aliphatic hydroxyl groups excluding tert-OH is 1. The van der Waals surface area contributed by atoms with Crippen LogP contribution in [0.15, 0.2) is 0 Å². The number of carboxylic acid groups (broad SMARTS) is 1. The molecule has 17 heavy (non-hydrogen) atoms. The lowest BCUT2D eigenvalue weighted by molar-refractivity contribution is -0.147. The molecule has 0 bridgehead atoms. The van der Waals surface area contributed by atoms with Gasteiger partial charge in [-0.05, 0) is 0 Å². The number of carboxylic acids is 1. The van der Waals surface area contributed by atoms with Crippen LogP contribution in [-0.4, -0.2) is 70.9 Å². The van der Waals surface area contributed by atoms with Crippen molar-refractivity contribution in [3.05, 3.63) is 0 Å². The summed E-state index contributed by atoms with van der Waals surface area (Å²) in [7, 11) is 1.58. The van der Waals surface area contributed by atoms with Crippen LogP contribution in [0, 0.1) is 0 Å². The largest absolute Gasteiger partial charge is 0.480 e. The van der Waals surface area contributed by atoms with Crippen molar-refractivity contribution < 1.29 is 24.5 Å². The molecule has 0 aliphatic carbocycles. The average Bonchev–Trinajstić information content (AvgIpc) is 2.66. The Hall–Kier alpha value is -0.790. The lowest BCUT2D eigenvalue weighted by atomic mass is 10.2. The molecule has 1 heterocycles. The van der Waals surface area contributed by atoms with Crippen molar-refractivity contribution in [1.82, 2.24) is 4.90 Å². The smallest absolute Gasteiger partial charge is 0.326 e. The van der Waals surface area contributed by atoms with Crippen molar-refractivity contribution >= 4 is 23.6 Å². The molecule has 1 amide bonds. The summed E-state index contributed by atoms with van der Waals surface area (Å²) in [6.45, 7) is 0.670. The van der Waals surface area contributed by atoms with Crippen LogP contribution in [0.25, 0.3) is 0 Å². The van der Waals surface area contributed by atoms with E-state index in [1.807, 2.05) is 0 Å².